The smallest absolute Gasteiger partial charge is 0.181 e. The molecule has 1 N–H and O–H groups in total. The van der Waals surface area contributed by atoms with Crippen LogP contribution in [-0.4, -0.2) is 27.5 Å². The molecular weight excluding hydrogens is 342 g/mol. The fraction of sp³-hybridized carbons (Fsp3) is 0.885. The van der Waals surface area contributed by atoms with E-state index in [9.17, 15) is 5.11 Å². The average Bonchev–Trinajstić information content (AvgIpc) is 2.99. The standard InChI is InChI=1S/C26H44NO/c1-18(2)7-6-8-19(3)22-13-16-27-24-10-9-20-17-21(28)11-14-25(20,4)23(24)12-15-26(22,27)5/h16,18-22,28H,6-15,17H2,1-5H3/q+1/t19-,20+,21+,22-,25+,26-/m1/s1. The van der Waals surface area contributed by atoms with Crippen molar-refractivity contribution in [2.45, 2.75) is 117 Å². The molecule has 1 saturated carbocycles. The Hall–Kier alpha value is -0.630. The van der Waals surface area contributed by atoms with Crippen molar-refractivity contribution in [2.24, 2.45) is 29.1 Å². The fourth-order valence-corrected chi connectivity index (χ4v) is 7.55. The zero-order valence-electron chi connectivity index (χ0n) is 19.1. The second kappa shape index (κ2) is 7.56. The lowest BCUT2D eigenvalue weighted by Gasteiger charge is -2.50. The molecule has 0 saturated heterocycles. The molecule has 2 heteroatoms. The molecule has 0 radical (unpaired) electrons. The van der Waals surface area contributed by atoms with E-state index in [0.717, 1.165) is 30.6 Å². The minimum atomic E-state index is -0.0523. The Morgan fingerprint density at radius 3 is 2.64 bits per heavy atom. The minimum Gasteiger partial charge on any atom is -0.393 e. The van der Waals surface area contributed by atoms with Crippen molar-refractivity contribution in [3.63, 3.8) is 0 Å². The first kappa shape index (κ1) is 20.6. The maximum atomic E-state index is 10.2. The van der Waals surface area contributed by atoms with E-state index >= 15 is 0 Å². The molecule has 0 amide bonds. The molecule has 158 valence electrons. The largest absolute Gasteiger partial charge is 0.393 e. The molecule has 0 unspecified atom stereocenters. The second-order valence-electron chi connectivity index (χ2n) is 11.6. The van der Waals surface area contributed by atoms with Crippen molar-refractivity contribution in [3.05, 3.63) is 11.3 Å². The SMILES string of the molecule is CC(C)CCC[C@@H](C)[C@H]1CC=[N+]2C3=C(CC[C@]12C)[C@@]1(C)CC[C@H](O)C[C@@H]1CC3. The van der Waals surface area contributed by atoms with Crippen LogP contribution in [0.15, 0.2) is 11.3 Å². The van der Waals surface area contributed by atoms with Crippen LogP contribution in [0.2, 0.25) is 0 Å². The van der Waals surface area contributed by atoms with E-state index in [4.69, 9.17) is 0 Å². The van der Waals surface area contributed by atoms with Crippen LogP contribution in [0.25, 0.3) is 0 Å². The maximum Gasteiger partial charge on any atom is 0.181 e. The Morgan fingerprint density at radius 1 is 1.11 bits per heavy atom. The molecule has 2 heterocycles. The van der Waals surface area contributed by atoms with Gasteiger partial charge in [-0.3, -0.25) is 0 Å². The number of allylic oxidation sites excluding steroid dienone is 2. The summed E-state index contributed by atoms with van der Waals surface area (Å²) in [5, 5.41) is 10.2. The third-order valence-corrected chi connectivity index (χ3v) is 9.41. The number of fused-ring (bicyclic) bond motifs is 4. The summed E-state index contributed by atoms with van der Waals surface area (Å²) in [6.45, 7) is 12.3. The van der Waals surface area contributed by atoms with Gasteiger partial charge in [-0.15, -0.1) is 0 Å². The Labute approximate surface area is 173 Å². The van der Waals surface area contributed by atoms with Gasteiger partial charge in [-0.25, -0.2) is 4.58 Å². The lowest BCUT2D eigenvalue weighted by Crippen LogP contribution is -2.50. The number of hydrogen-bond acceptors (Lipinski definition) is 1. The highest BCUT2D eigenvalue weighted by atomic mass is 16.3. The lowest BCUT2D eigenvalue weighted by atomic mass is 9.56. The molecule has 1 fully saturated rings. The molecule has 0 spiro atoms. The van der Waals surface area contributed by atoms with Crippen molar-refractivity contribution in [3.8, 4) is 0 Å². The molecule has 28 heavy (non-hydrogen) atoms. The summed E-state index contributed by atoms with van der Waals surface area (Å²) < 4.78 is 2.78. The molecule has 4 aliphatic rings. The van der Waals surface area contributed by atoms with E-state index < -0.39 is 0 Å². The zero-order valence-corrected chi connectivity index (χ0v) is 19.1. The van der Waals surface area contributed by atoms with Crippen molar-refractivity contribution < 1.29 is 9.68 Å². The molecule has 2 aliphatic carbocycles. The summed E-state index contributed by atoms with van der Waals surface area (Å²) in [5.41, 5.74) is 4.16. The Kier molecular flexibility index (Phi) is 5.57. The monoisotopic (exact) mass is 386 g/mol. The highest BCUT2D eigenvalue weighted by Gasteiger charge is 2.58. The van der Waals surface area contributed by atoms with Crippen molar-refractivity contribution >= 4 is 6.21 Å². The van der Waals surface area contributed by atoms with Gasteiger partial charge in [-0.2, -0.15) is 0 Å². The summed E-state index contributed by atoms with van der Waals surface area (Å²) in [4.78, 5) is 0. The van der Waals surface area contributed by atoms with Gasteiger partial charge in [0.1, 0.15) is 6.21 Å². The van der Waals surface area contributed by atoms with Crippen LogP contribution in [0.4, 0.5) is 0 Å². The lowest BCUT2D eigenvalue weighted by molar-refractivity contribution is -0.569. The van der Waals surface area contributed by atoms with Crippen LogP contribution >= 0.6 is 0 Å². The van der Waals surface area contributed by atoms with E-state index in [-0.39, 0.29) is 6.10 Å². The van der Waals surface area contributed by atoms with Crippen LogP contribution in [-0.2, 0) is 0 Å². The predicted molar refractivity (Wildman–Crippen MR) is 118 cm³/mol. The van der Waals surface area contributed by atoms with E-state index in [2.05, 4.69) is 45.4 Å². The van der Waals surface area contributed by atoms with Gasteiger partial charge in [-0.1, -0.05) is 47.0 Å². The van der Waals surface area contributed by atoms with Gasteiger partial charge >= 0.3 is 0 Å². The van der Waals surface area contributed by atoms with Crippen LogP contribution in [0, 0.1) is 29.1 Å². The summed E-state index contributed by atoms with van der Waals surface area (Å²) >= 11 is 0. The molecule has 0 bridgehead atoms. The van der Waals surface area contributed by atoms with E-state index in [0.29, 0.717) is 16.9 Å². The van der Waals surface area contributed by atoms with E-state index in [1.54, 1.807) is 11.3 Å². The maximum absolute atomic E-state index is 10.2. The topological polar surface area (TPSA) is 23.2 Å². The summed E-state index contributed by atoms with van der Waals surface area (Å²) in [6, 6.07) is 0. The molecule has 0 aromatic carbocycles. The Bertz CT molecular complexity index is 661. The van der Waals surface area contributed by atoms with Gasteiger partial charge < -0.3 is 5.11 Å². The molecule has 0 aromatic heterocycles. The third kappa shape index (κ3) is 3.32. The number of nitrogens with zero attached hydrogens (tertiary/aromatic N) is 1. The summed E-state index contributed by atoms with van der Waals surface area (Å²) in [6.07, 6.45) is 16.3. The predicted octanol–water partition coefficient (Wildman–Crippen LogP) is 6.32. The average molecular weight is 387 g/mol. The molecular formula is C26H44NO+. The van der Waals surface area contributed by atoms with Crippen LogP contribution in [0.3, 0.4) is 0 Å². The van der Waals surface area contributed by atoms with Gasteiger partial charge in [-0.05, 0) is 55.3 Å². The van der Waals surface area contributed by atoms with Gasteiger partial charge in [0, 0.05) is 37.7 Å². The molecule has 2 aliphatic heterocycles. The first-order valence-electron chi connectivity index (χ1n) is 12.3. The number of aliphatic hydroxyl groups is 1. The van der Waals surface area contributed by atoms with Gasteiger partial charge in [0.2, 0.25) is 0 Å². The van der Waals surface area contributed by atoms with Crippen LogP contribution < -0.4 is 0 Å². The van der Waals surface area contributed by atoms with Crippen molar-refractivity contribution in [1.82, 2.24) is 0 Å². The number of aliphatic hydroxyl groups excluding tert-OH is 1. The number of rotatable bonds is 5. The quantitative estimate of drug-likeness (QED) is 0.549. The summed E-state index contributed by atoms with van der Waals surface area (Å²) in [7, 11) is 0. The van der Waals surface area contributed by atoms with Gasteiger partial charge in [0.15, 0.2) is 11.2 Å². The zero-order chi connectivity index (χ0) is 20.1. The molecule has 0 aromatic rings. The second-order valence-corrected chi connectivity index (χ2v) is 11.6. The first-order valence-corrected chi connectivity index (χ1v) is 12.3. The van der Waals surface area contributed by atoms with Crippen molar-refractivity contribution in [2.75, 3.05) is 0 Å². The Morgan fingerprint density at radius 2 is 1.89 bits per heavy atom. The highest BCUT2D eigenvalue weighted by Crippen LogP contribution is 2.58. The van der Waals surface area contributed by atoms with Crippen LogP contribution in [0.1, 0.15) is 105 Å². The van der Waals surface area contributed by atoms with E-state index in [1.807, 2.05) is 0 Å². The fourth-order valence-electron chi connectivity index (χ4n) is 7.55. The normalized spacial score (nSPS) is 41.4. The van der Waals surface area contributed by atoms with Gasteiger partial charge in [0.25, 0.3) is 0 Å². The summed E-state index contributed by atoms with van der Waals surface area (Å²) in [5.74, 6) is 3.17. The third-order valence-electron chi connectivity index (χ3n) is 9.41. The highest BCUT2D eigenvalue weighted by molar-refractivity contribution is 5.56. The molecule has 6 atom stereocenters. The number of hydrogen-bond donors (Lipinski definition) is 1. The van der Waals surface area contributed by atoms with Gasteiger partial charge in [0.05, 0.1) is 6.10 Å². The van der Waals surface area contributed by atoms with E-state index in [1.165, 1.54) is 57.8 Å². The van der Waals surface area contributed by atoms with Crippen molar-refractivity contribution in [1.29, 1.82) is 0 Å². The first-order chi connectivity index (χ1) is 13.3. The molecule has 2 nitrogen and oxygen atoms in total. The molecule has 4 rings (SSSR count). The Balaban J connectivity index is 1.54. The van der Waals surface area contributed by atoms with Crippen LogP contribution in [0.5, 0.6) is 0 Å². The minimum absolute atomic E-state index is 0.0523.